The lowest BCUT2D eigenvalue weighted by Gasteiger charge is -2.11. The molecule has 0 saturated carbocycles. The lowest BCUT2D eigenvalue weighted by atomic mass is 10.4. The van der Waals surface area contributed by atoms with Gasteiger partial charge in [-0.1, -0.05) is 0 Å². The largest absolute Gasteiger partial charge is 0.467 e. The van der Waals surface area contributed by atoms with Gasteiger partial charge < -0.3 is 19.8 Å². The van der Waals surface area contributed by atoms with Crippen molar-refractivity contribution >= 4 is 5.96 Å². The highest BCUT2D eigenvalue weighted by Gasteiger charge is 2.27. The van der Waals surface area contributed by atoms with Gasteiger partial charge in [0.05, 0.1) is 6.26 Å². The predicted molar refractivity (Wildman–Crippen MR) is 73.0 cm³/mol. The third-order valence-corrected chi connectivity index (χ3v) is 2.34. The van der Waals surface area contributed by atoms with Crippen molar-refractivity contribution in [3.8, 4) is 0 Å². The molecular formula is C13H20F3N3O2. The fraction of sp³-hybridized carbons (Fsp3) is 0.615. The molecule has 0 bridgehead atoms. The van der Waals surface area contributed by atoms with E-state index in [-0.39, 0.29) is 6.61 Å². The molecule has 120 valence electrons. The van der Waals surface area contributed by atoms with Crippen molar-refractivity contribution in [3.05, 3.63) is 24.2 Å². The molecule has 1 aromatic rings. The average molecular weight is 307 g/mol. The van der Waals surface area contributed by atoms with E-state index in [1.54, 1.807) is 12.3 Å². The van der Waals surface area contributed by atoms with E-state index in [1.807, 2.05) is 13.0 Å². The lowest BCUT2D eigenvalue weighted by Crippen LogP contribution is -2.38. The Morgan fingerprint density at radius 2 is 2.19 bits per heavy atom. The molecule has 0 aromatic carbocycles. The Kier molecular flexibility index (Phi) is 7.66. The van der Waals surface area contributed by atoms with Crippen LogP contribution >= 0.6 is 0 Å². The van der Waals surface area contributed by atoms with E-state index in [4.69, 9.17) is 4.42 Å². The summed E-state index contributed by atoms with van der Waals surface area (Å²) in [5, 5.41) is 6.05. The minimum atomic E-state index is -4.27. The second-order valence-electron chi connectivity index (χ2n) is 4.22. The van der Waals surface area contributed by atoms with Crippen molar-refractivity contribution in [3.63, 3.8) is 0 Å². The van der Waals surface area contributed by atoms with Gasteiger partial charge in [0.25, 0.3) is 0 Å². The molecule has 0 aliphatic carbocycles. The van der Waals surface area contributed by atoms with Crippen LogP contribution in [0.5, 0.6) is 0 Å². The van der Waals surface area contributed by atoms with Gasteiger partial charge in [-0.05, 0) is 25.5 Å². The highest BCUT2D eigenvalue weighted by atomic mass is 19.4. The van der Waals surface area contributed by atoms with Crippen LogP contribution < -0.4 is 10.6 Å². The van der Waals surface area contributed by atoms with Gasteiger partial charge in [-0.2, -0.15) is 13.2 Å². The van der Waals surface area contributed by atoms with Crippen LogP contribution in [0, 0.1) is 0 Å². The van der Waals surface area contributed by atoms with Gasteiger partial charge in [0, 0.05) is 19.7 Å². The number of hydrogen-bond acceptors (Lipinski definition) is 3. The van der Waals surface area contributed by atoms with Crippen molar-refractivity contribution in [1.29, 1.82) is 0 Å². The standard InChI is InChI=1S/C13H20F3N3O2/c1-2-17-12(19-9-11-5-3-8-21-11)18-6-4-7-20-10-13(14,15)16/h3,5,8H,2,4,6-7,9-10H2,1H3,(H2,17,18,19). The molecule has 21 heavy (non-hydrogen) atoms. The Labute approximate surface area is 121 Å². The van der Waals surface area contributed by atoms with Crippen LogP contribution in [-0.2, 0) is 11.3 Å². The van der Waals surface area contributed by atoms with Crippen LogP contribution in [0.15, 0.2) is 27.8 Å². The average Bonchev–Trinajstić information content (AvgIpc) is 2.91. The topological polar surface area (TPSA) is 58.8 Å². The van der Waals surface area contributed by atoms with Gasteiger partial charge in [-0.15, -0.1) is 0 Å². The van der Waals surface area contributed by atoms with Gasteiger partial charge in [-0.25, -0.2) is 4.99 Å². The van der Waals surface area contributed by atoms with Crippen LogP contribution in [0.4, 0.5) is 13.2 Å². The first kappa shape index (κ1) is 17.4. The van der Waals surface area contributed by atoms with Crippen LogP contribution in [-0.4, -0.2) is 38.4 Å². The molecule has 5 nitrogen and oxygen atoms in total. The third kappa shape index (κ3) is 8.96. The zero-order valence-electron chi connectivity index (χ0n) is 11.9. The quantitative estimate of drug-likeness (QED) is 0.439. The van der Waals surface area contributed by atoms with Gasteiger partial charge in [-0.3, -0.25) is 0 Å². The number of halogens is 3. The first-order valence-electron chi connectivity index (χ1n) is 6.70. The Bertz CT molecular complexity index is 405. The molecule has 0 aliphatic heterocycles. The molecule has 0 amide bonds. The number of ether oxygens (including phenoxy) is 1. The number of aliphatic imine (C=N–C) groups is 1. The SMILES string of the molecule is CCNC(=NCc1ccco1)NCCCOCC(F)(F)F. The van der Waals surface area contributed by atoms with Crippen LogP contribution in [0.25, 0.3) is 0 Å². The van der Waals surface area contributed by atoms with Gasteiger partial charge in [0.1, 0.15) is 18.9 Å². The number of rotatable bonds is 8. The Morgan fingerprint density at radius 1 is 1.38 bits per heavy atom. The van der Waals surface area contributed by atoms with E-state index in [0.29, 0.717) is 32.0 Å². The number of alkyl halides is 3. The molecule has 0 spiro atoms. The molecule has 0 unspecified atom stereocenters. The Morgan fingerprint density at radius 3 is 2.81 bits per heavy atom. The molecule has 1 aromatic heterocycles. The Balaban J connectivity index is 2.20. The van der Waals surface area contributed by atoms with E-state index < -0.39 is 12.8 Å². The molecule has 0 saturated heterocycles. The molecular weight excluding hydrogens is 287 g/mol. The summed E-state index contributed by atoms with van der Waals surface area (Å²) in [7, 11) is 0. The fourth-order valence-corrected chi connectivity index (χ4v) is 1.47. The first-order chi connectivity index (χ1) is 10.0. The predicted octanol–water partition coefficient (Wildman–Crippen LogP) is 2.30. The molecule has 1 heterocycles. The molecule has 0 atom stereocenters. The Hall–Kier alpha value is -1.70. The summed E-state index contributed by atoms with van der Waals surface area (Å²) in [6.07, 6.45) is -2.24. The summed E-state index contributed by atoms with van der Waals surface area (Å²) < 4.78 is 45.2. The second kappa shape index (κ2) is 9.28. The summed E-state index contributed by atoms with van der Waals surface area (Å²) in [6, 6.07) is 3.60. The number of guanidine groups is 1. The van der Waals surface area contributed by atoms with Crippen LogP contribution in [0.1, 0.15) is 19.1 Å². The van der Waals surface area contributed by atoms with E-state index in [2.05, 4.69) is 20.4 Å². The summed E-state index contributed by atoms with van der Waals surface area (Å²) in [5.74, 6) is 1.32. The van der Waals surface area contributed by atoms with E-state index in [0.717, 1.165) is 5.76 Å². The van der Waals surface area contributed by atoms with E-state index in [1.165, 1.54) is 0 Å². The second-order valence-corrected chi connectivity index (χ2v) is 4.22. The highest BCUT2D eigenvalue weighted by molar-refractivity contribution is 5.79. The van der Waals surface area contributed by atoms with Crippen molar-refractivity contribution in [2.75, 3.05) is 26.3 Å². The molecule has 1 rings (SSSR count). The van der Waals surface area contributed by atoms with Crippen molar-refractivity contribution < 1.29 is 22.3 Å². The van der Waals surface area contributed by atoms with Crippen LogP contribution in [0.3, 0.4) is 0 Å². The summed E-state index contributed by atoms with van der Waals surface area (Å²) in [4.78, 5) is 4.29. The third-order valence-electron chi connectivity index (χ3n) is 2.34. The molecule has 8 heteroatoms. The summed E-state index contributed by atoms with van der Waals surface area (Å²) in [6.45, 7) is 2.32. The summed E-state index contributed by atoms with van der Waals surface area (Å²) >= 11 is 0. The van der Waals surface area contributed by atoms with E-state index >= 15 is 0 Å². The number of nitrogens with zero attached hydrogens (tertiary/aromatic N) is 1. The van der Waals surface area contributed by atoms with Crippen molar-refractivity contribution in [1.82, 2.24) is 10.6 Å². The highest BCUT2D eigenvalue weighted by Crippen LogP contribution is 2.14. The summed E-state index contributed by atoms with van der Waals surface area (Å²) in [5.41, 5.74) is 0. The van der Waals surface area contributed by atoms with E-state index in [9.17, 15) is 13.2 Å². The first-order valence-corrected chi connectivity index (χ1v) is 6.70. The maximum Gasteiger partial charge on any atom is 0.411 e. The molecule has 0 fully saturated rings. The van der Waals surface area contributed by atoms with Crippen LogP contribution in [0.2, 0.25) is 0 Å². The fourth-order valence-electron chi connectivity index (χ4n) is 1.47. The number of furan rings is 1. The minimum Gasteiger partial charge on any atom is -0.467 e. The zero-order chi connectivity index (χ0) is 15.6. The number of nitrogens with one attached hydrogen (secondary N) is 2. The van der Waals surface area contributed by atoms with Crippen molar-refractivity contribution in [2.45, 2.75) is 26.1 Å². The maximum atomic E-state index is 11.8. The maximum absolute atomic E-state index is 11.8. The minimum absolute atomic E-state index is 0.0457. The molecule has 0 radical (unpaired) electrons. The molecule has 2 N–H and O–H groups in total. The monoisotopic (exact) mass is 307 g/mol. The number of hydrogen-bond donors (Lipinski definition) is 2. The zero-order valence-corrected chi connectivity index (χ0v) is 11.9. The molecule has 0 aliphatic rings. The van der Waals surface area contributed by atoms with Crippen molar-refractivity contribution in [2.24, 2.45) is 4.99 Å². The lowest BCUT2D eigenvalue weighted by molar-refractivity contribution is -0.173. The van der Waals surface area contributed by atoms with Gasteiger partial charge in [0.2, 0.25) is 0 Å². The van der Waals surface area contributed by atoms with Gasteiger partial charge >= 0.3 is 6.18 Å². The van der Waals surface area contributed by atoms with Gasteiger partial charge in [0.15, 0.2) is 5.96 Å². The smallest absolute Gasteiger partial charge is 0.411 e. The normalized spacial score (nSPS) is 12.5.